The van der Waals surface area contributed by atoms with E-state index in [1.54, 1.807) is 23.1 Å². The predicted molar refractivity (Wildman–Crippen MR) is 108 cm³/mol. The van der Waals surface area contributed by atoms with Gasteiger partial charge in [-0.25, -0.2) is 4.98 Å². The molecule has 1 aliphatic rings. The van der Waals surface area contributed by atoms with E-state index in [4.69, 9.17) is 14.9 Å². The third-order valence-corrected chi connectivity index (χ3v) is 5.02. The molecule has 0 radical (unpaired) electrons. The molecular formula is C20H21N7O2. The summed E-state index contributed by atoms with van der Waals surface area (Å²) in [7, 11) is 2.12. The SMILES string of the molecule is CN1CCCC(Oc2ccc3c(c2)nnn3-c2cc(-c3ccco3)nc(N)n2)C1. The number of nitrogen functional groups attached to an aromatic ring is 1. The molecule has 0 spiro atoms. The summed E-state index contributed by atoms with van der Waals surface area (Å²) in [6.07, 6.45) is 3.99. The van der Waals surface area contributed by atoms with Gasteiger partial charge in [0.2, 0.25) is 5.95 Å². The van der Waals surface area contributed by atoms with Crippen LogP contribution in [-0.2, 0) is 0 Å². The van der Waals surface area contributed by atoms with E-state index in [0.29, 0.717) is 17.3 Å². The number of hydrogen-bond acceptors (Lipinski definition) is 8. The molecule has 9 nitrogen and oxygen atoms in total. The monoisotopic (exact) mass is 391 g/mol. The van der Waals surface area contributed by atoms with Crippen LogP contribution in [0.5, 0.6) is 5.75 Å². The molecule has 1 aromatic carbocycles. The van der Waals surface area contributed by atoms with Gasteiger partial charge in [0, 0.05) is 18.7 Å². The van der Waals surface area contributed by atoms with E-state index >= 15 is 0 Å². The predicted octanol–water partition coefficient (Wildman–Crippen LogP) is 2.53. The van der Waals surface area contributed by atoms with Gasteiger partial charge in [0.1, 0.15) is 23.1 Å². The van der Waals surface area contributed by atoms with Crippen molar-refractivity contribution in [2.45, 2.75) is 18.9 Å². The van der Waals surface area contributed by atoms with Gasteiger partial charge in [-0.3, -0.25) is 0 Å². The zero-order chi connectivity index (χ0) is 19.8. The lowest BCUT2D eigenvalue weighted by molar-refractivity contribution is 0.104. The standard InChI is InChI=1S/C20H21N7O2/c1-26-8-2-4-14(12-26)29-13-6-7-17-15(10-13)24-25-27(17)19-11-16(22-20(21)23-19)18-5-3-9-28-18/h3,5-7,9-11,14H,2,4,8,12H2,1H3,(H2,21,22,23). The summed E-state index contributed by atoms with van der Waals surface area (Å²) in [5.41, 5.74) is 8.02. The molecule has 0 saturated carbocycles. The molecule has 1 fully saturated rings. The molecule has 3 aromatic heterocycles. The van der Waals surface area contributed by atoms with E-state index in [9.17, 15) is 0 Å². The molecule has 4 aromatic rings. The topological polar surface area (TPSA) is 108 Å². The number of rotatable bonds is 4. The van der Waals surface area contributed by atoms with Gasteiger partial charge in [-0.15, -0.1) is 5.10 Å². The molecule has 0 amide bonds. The first-order valence-corrected chi connectivity index (χ1v) is 9.55. The number of aromatic nitrogens is 5. The second-order valence-electron chi connectivity index (χ2n) is 7.24. The van der Waals surface area contributed by atoms with Crippen LogP contribution in [0.4, 0.5) is 5.95 Å². The van der Waals surface area contributed by atoms with Crippen molar-refractivity contribution in [3.63, 3.8) is 0 Å². The first kappa shape index (κ1) is 17.6. The van der Waals surface area contributed by atoms with E-state index in [1.807, 2.05) is 24.3 Å². The fourth-order valence-corrected chi connectivity index (χ4v) is 3.67. The van der Waals surface area contributed by atoms with Crippen molar-refractivity contribution in [3.8, 4) is 23.0 Å². The van der Waals surface area contributed by atoms with Crippen LogP contribution in [0, 0.1) is 0 Å². The number of furan rings is 1. The van der Waals surface area contributed by atoms with Gasteiger partial charge in [-0.05, 0) is 50.7 Å². The van der Waals surface area contributed by atoms with Gasteiger partial charge < -0.3 is 19.8 Å². The van der Waals surface area contributed by atoms with E-state index in [-0.39, 0.29) is 12.1 Å². The third-order valence-electron chi connectivity index (χ3n) is 5.02. The van der Waals surface area contributed by atoms with Crippen LogP contribution in [0.2, 0.25) is 0 Å². The van der Waals surface area contributed by atoms with Crippen LogP contribution < -0.4 is 10.5 Å². The lowest BCUT2D eigenvalue weighted by atomic mass is 10.1. The van der Waals surface area contributed by atoms with Crippen molar-refractivity contribution in [3.05, 3.63) is 42.7 Å². The summed E-state index contributed by atoms with van der Waals surface area (Å²) in [6.45, 7) is 2.05. The highest BCUT2D eigenvalue weighted by Gasteiger charge is 2.19. The van der Waals surface area contributed by atoms with Crippen LogP contribution in [-0.4, -0.2) is 56.1 Å². The van der Waals surface area contributed by atoms with Crippen LogP contribution in [0.15, 0.2) is 47.1 Å². The lowest BCUT2D eigenvalue weighted by Crippen LogP contribution is -2.38. The summed E-state index contributed by atoms with van der Waals surface area (Å²) < 4.78 is 13.2. The average molecular weight is 391 g/mol. The number of ether oxygens (including phenoxy) is 1. The number of fused-ring (bicyclic) bond motifs is 1. The Hall–Kier alpha value is -3.46. The van der Waals surface area contributed by atoms with Crippen molar-refractivity contribution in [1.29, 1.82) is 0 Å². The van der Waals surface area contributed by atoms with Crippen molar-refractivity contribution < 1.29 is 9.15 Å². The number of anilines is 1. The smallest absolute Gasteiger partial charge is 0.222 e. The molecular weight excluding hydrogens is 370 g/mol. The van der Waals surface area contributed by atoms with Crippen molar-refractivity contribution in [2.24, 2.45) is 0 Å². The molecule has 5 rings (SSSR count). The fourth-order valence-electron chi connectivity index (χ4n) is 3.67. The van der Waals surface area contributed by atoms with Crippen LogP contribution in [0.25, 0.3) is 28.3 Å². The minimum Gasteiger partial charge on any atom is -0.489 e. The summed E-state index contributed by atoms with van der Waals surface area (Å²) in [5.74, 6) is 2.06. The van der Waals surface area contributed by atoms with Crippen LogP contribution >= 0.6 is 0 Å². The maximum atomic E-state index is 6.16. The highest BCUT2D eigenvalue weighted by Crippen LogP contribution is 2.25. The molecule has 1 unspecified atom stereocenters. The van der Waals surface area contributed by atoms with Gasteiger partial charge >= 0.3 is 0 Å². The average Bonchev–Trinajstić information content (AvgIpc) is 3.37. The molecule has 29 heavy (non-hydrogen) atoms. The molecule has 1 aliphatic heterocycles. The zero-order valence-corrected chi connectivity index (χ0v) is 16.0. The largest absolute Gasteiger partial charge is 0.489 e. The molecule has 0 aliphatic carbocycles. The first-order chi connectivity index (χ1) is 14.2. The first-order valence-electron chi connectivity index (χ1n) is 9.55. The summed E-state index contributed by atoms with van der Waals surface area (Å²) >= 11 is 0. The van der Waals surface area contributed by atoms with Gasteiger partial charge in [0.05, 0.1) is 11.8 Å². The maximum absolute atomic E-state index is 6.16. The van der Waals surface area contributed by atoms with Crippen molar-refractivity contribution in [1.82, 2.24) is 29.9 Å². The Kier molecular flexibility index (Phi) is 4.36. The Morgan fingerprint density at radius 1 is 1.21 bits per heavy atom. The maximum Gasteiger partial charge on any atom is 0.222 e. The molecule has 4 heterocycles. The number of likely N-dealkylation sites (tertiary alicyclic amines) is 1. The van der Waals surface area contributed by atoms with Gasteiger partial charge in [0.15, 0.2) is 11.6 Å². The summed E-state index contributed by atoms with van der Waals surface area (Å²) in [4.78, 5) is 10.8. The normalized spacial score (nSPS) is 17.6. The second-order valence-corrected chi connectivity index (χ2v) is 7.24. The number of likely N-dealkylation sites (N-methyl/N-ethyl adjacent to an activating group) is 1. The summed E-state index contributed by atoms with van der Waals surface area (Å²) in [6, 6.07) is 11.2. The zero-order valence-electron chi connectivity index (χ0n) is 16.0. The highest BCUT2D eigenvalue weighted by molar-refractivity contribution is 5.77. The van der Waals surface area contributed by atoms with Crippen LogP contribution in [0.1, 0.15) is 12.8 Å². The van der Waals surface area contributed by atoms with E-state index < -0.39 is 0 Å². The van der Waals surface area contributed by atoms with E-state index in [0.717, 1.165) is 42.7 Å². The van der Waals surface area contributed by atoms with E-state index in [1.165, 1.54) is 0 Å². The van der Waals surface area contributed by atoms with Crippen LogP contribution in [0.3, 0.4) is 0 Å². The molecule has 1 saturated heterocycles. The molecule has 1 atom stereocenters. The molecule has 2 N–H and O–H groups in total. The minimum atomic E-state index is 0.138. The number of nitrogens with zero attached hydrogens (tertiary/aromatic N) is 6. The number of piperidine rings is 1. The minimum absolute atomic E-state index is 0.138. The van der Waals surface area contributed by atoms with Gasteiger partial charge in [0.25, 0.3) is 0 Å². The molecule has 9 heteroatoms. The lowest BCUT2D eigenvalue weighted by Gasteiger charge is -2.29. The number of hydrogen-bond donors (Lipinski definition) is 1. The number of benzene rings is 1. The Morgan fingerprint density at radius 3 is 2.97 bits per heavy atom. The fraction of sp³-hybridized carbons (Fsp3) is 0.300. The number of nitrogens with two attached hydrogens (primary N) is 1. The third kappa shape index (κ3) is 3.52. The second kappa shape index (κ2) is 7.17. The van der Waals surface area contributed by atoms with Gasteiger partial charge in [-0.1, -0.05) is 5.21 Å². The Morgan fingerprint density at radius 2 is 2.14 bits per heavy atom. The molecule has 148 valence electrons. The quantitative estimate of drug-likeness (QED) is 0.565. The van der Waals surface area contributed by atoms with Gasteiger partial charge in [-0.2, -0.15) is 9.67 Å². The van der Waals surface area contributed by atoms with Crippen molar-refractivity contribution >= 4 is 17.0 Å². The van der Waals surface area contributed by atoms with Crippen molar-refractivity contribution in [2.75, 3.05) is 25.9 Å². The Labute approximate surface area is 167 Å². The van der Waals surface area contributed by atoms with E-state index in [2.05, 4.69) is 32.2 Å². The highest BCUT2D eigenvalue weighted by atomic mass is 16.5. The Bertz CT molecular complexity index is 1140. The summed E-state index contributed by atoms with van der Waals surface area (Å²) in [5, 5.41) is 8.54. The Balaban J connectivity index is 1.46. The molecule has 0 bridgehead atoms.